The van der Waals surface area contributed by atoms with Gasteiger partial charge in [0.15, 0.2) is 5.75 Å². The molecule has 0 saturated carbocycles. The minimum Gasteiger partial charge on any atom is -0.493 e. The number of methoxy groups -OCH3 is 1. The van der Waals surface area contributed by atoms with Crippen LogP contribution < -0.4 is 10.5 Å². The van der Waals surface area contributed by atoms with E-state index < -0.39 is 6.10 Å². The van der Waals surface area contributed by atoms with E-state index in [-0.39, 0.29) is 5.92 Å². The number of hydrogen-bond acceptors (Lipinski definition) is 4. The molecule has 0 amide bonds. The molecule has 0 spiro atoms. The summed E-state index contributed by atoms with van der Waals surface area (Å²) in [6.45, 7) is 7.23. The number of nitrogens with zero attached hydrogens (tertiary/aromatic N) is 2. The van der Waals surface area contributed by atoms with Crippen LogP contribution in [0.1, 0.15) is 32.6 Å². The van der Waals surface area contributed by atoms with Crippen LogP contribution in [0.4, 0.5) is 0 Å². The van der Waals surface area contributed by atoms with Gasteiger partial charge in [-0.25, -0.2) is 0 Å². The minimum atomic E-state index is -0.641. The van der Waals surface area contributed by atoms with Crippen molar-refractivity contribution in [2.24, 2.45) is 17.6 Å². The topological polar surface area (TPSA) is 73.3 Å². The van der Waals surface area contributed by atoms with Crippen LogP contribution in [-0.4, -0.2) is 28.5 Å². The molecule has 1 rings (SSSR count). The molecular weight excluding hydrogens is 218 g/mol. The predicted octanol–water partition coefficient (Wildman–Crippen LogP) is 1.18. The first-order chi connectivity index (χ1) is 8.06. The smallest absolute Gasteiger partial charge is 0.162 e. The Morgan fingerprint density at radius 1 is 1.53 bits per heavy atom. The Morgan fingerprint density at radius 3 is 2.59 bits per heavy atom. The fourth-order valence-electron chi connectivity index (χ4n) is 2.05. The molecule has 2 atom stereocenters. The Bertz CT molecular complexity index is 328. The Morgan fingerprint density at radius 2 is 2.18 bits per heavy atom. The van der Waals surface area contributed by atoms with E-state index in [0.29, 0.717) is 24.8 Å². The highest BCUT2D eigenvalue weighted by molar-refractivity contribution is 5.27. The van der Waals surface area contributed by atoms with Crippen molar-refractivity contribution in [2.45, 2.75) is 33.4 Å². The van der Waals surface area contributed by atoms with E-state index in [9.17, 15) is 5.11 Å². The molecular formula is C12H23N3O2. The van der Waals surface area contributed by atoms with Crippen molar-refractivity contribution >= 4 is 0 Å². The fraction of sp³-hybridized carbons (Fsp3) is 0.750. The summed E-state index contributed by atoms with van der Waals surface area (Å²) in [4.78, 5) is 0. The van der Waals surface area contributed by atoms with Crippen LogP contribution in [0.2, 0.25) is 0 Å². The first kappa shape index (κ1) is 14.0. The molecule has 5 nitrogen and oxygen atoms in total. The summed E-state index contributed by atoms with van der Waals surface area (Å²) in [7, 11) is 1.58. The lowest BCUT2D eigenvalue weighted by atomic mass is 9.88. The summed E-state index contributed by atoms with van der Waals surface area (Å²) >= 11 is 0. The lowest BCUT2D eigenvalue weighted by Crippen LogP contribution is -2.28. The van der Waals surface area contributed by atoms with Crippen LogP contribution in [-0.2, 0) is 6.54 Å². The lowest BCUT2D eigenvalue weighted by molar-refractivity contribution is 0.0755. The number of rotatable bonds is 6. The van der Waals surface area contributed by atoms with Gasteiger partial charge in [0.25, 0.3) is 0 Å². The predicted molar refractivity (Wildman–Crippen MR) is 66.8 cm³/mol. The van der Waals surface area contributed by atoms with Crippen molar-refractivity contribution in [1.29, 1.82) is 0 Å². The summed E-state index contributed by atoms with van der Waals surface area (Å²) in [6, 6.07) is 0. The maximum Gasteiger partial charge on any atom is 0.162 e. The van der Waals surface area contributed by atoms with Gasteiger partial charge >= 0.3 is 0 Å². The van der Waals surface area contributed by atoms with Crippen LogP contribution in [0.25, 0.3) is 0 Å². The van der Waals surface area contributed by atoms with Gasteiger partial charge in [0, 0.05) is 12.5 Å². The highest BCUT2D eigenvalue weighted by Crippen LogP contribution is 2.33. The summed E-state index contributed by atoms with van der Waals surface area (Å²) < 4.78 is 7.00. The van der Waals surface area contributed by atoms with Crippen molar-refractivity contribution in [3.05, 3.63) is 11.9 Å². The van der Waals surface area contributed by atoms with E-state index in [1.807, 2.05) is 6.92 Å². The summed E-state index contributed by atoms with van der Waals surface area (Å²) in [5.74, 6) is 0.935. The van der Waals surface area contributed by atoms with E-state index in [2.05, 4.69) is 18.9 Å². The van der Waals surface area contributed by atoms with Crippen molar-refractivity contribution < 1.29 is 9.84 Å². The van der Waals surface area contributed by atoms with Crippen molar-refractivity contribution in [2.75, 3.05) is 13.7 Å². The SMILES string of the molecule is CCn1ncc(OC)c1C(O)C(CN)C(C)C. The van der Waals surface area contributed by atoms with Gasteiger partial charge in [-0.2, -0.15) is 5.10 Å². The first-order valence-corrected chi connectivity index (χ1v) is 6.04. The molecule has 1 aromatic rings. The van der Waals surface area contributed by atoms with Crippen LogP contribution >= 0.6 is 0 Å². The van der Waals surface area contributed by atoms with Crippen molar-refractivity contribution in [3.63, 3.8) is 0 Å². The Kier molecular flexibility index (Phi) is 4.96. The number of ether oxygens (including phenoxy) is 1. The summed E-state index contributed by atoms with van der Waals surface area (Å²) in [5, 5.41) is 14.6. The molecule has 0 bridgehead atoms. The second-order valence-electron chi connectivity index (χ2n) is 4.50. The zero-order valence-corrected chi connectivity index (χ0v) is 11.1. The molecule has 0 radical (unpaired) electrons. The van der Waals surface area contributed by atoms with Gasteiger partial charge in [-0.3, -0.25) is 4.68 Å². The number of aryl methyl sites for hydroxylation is 1. The number of hydrogen-bond donors (Lipinski definition) is 2. The zero-order chi connectivity index (χ0) is 13.0. The molecule has 0 saturated heterocycles. The molecule has 17 heavy (non-hydrogen) atoms. The Hall–Kier alpha value is -1.07. The van der Waals surface area contributed by atoms with E-state index in [1.54, 1.807) is 18.0 Å². The molecule has 0 aromatic carbocycles. The van der Waals surface area contributed by atoms with Crippen LogP contribution in [0.15, 0.2) is 6.20 Å². The van der Waals surface area contributed by atoms with E-state index >= 15 is 0 Å². The van der Waals surface area contributed by atoms with Gasteiger partial charge < -0.3 is 15.6 Å². The lowest BCUT2D eigenvalue weighted by Gasteiger charge is -2.25. The average molecular weight is 241 g/mol. The van der Waals surface area contributed by atoms with E-state index in [1.165, 1.54) is 0 Å². The average Bonchev–Trinajstić information content (AvgIpc) is 2.71. The second-order valence-corrected chi connectivity index (χ2v) is 4.50. The molecule has 1 aromatic heterocycles. The molecule has 0 aliphatic carbocycles. The monoisotopic (exact) mass is 241 g/mol. The third kappa shape index (κ3) is 2.79. The number of nitrogens with two attached hydrogens (primary N) is 1. The highest BCUT2D eigenvalue weighted by atomic mass is 16.5. The minimum absolute atomic E-state index is 0.00546. The molecule has 3 N–H and O–H groups in total. The van der Waals surface area contributed by atoms with E-state index in [0.717, 1.165) is 5.69 Å². The Balaban J connectivity index is 3.08. The molecule has 98 valence electrons. The number of aliphatic hydroxyl groups is 1. The first-order valence-electron chi connectivity index (χ1n) is 6.04. The van der Waals surface area contributed by atoms with Crippen molar-refractivity contribution in [3.8, 4) is 5.75 Å². The van der Waals surface area contributed by atoms with Gasteiger partial charge in [-0.05, 0) is 19.4 Å². The zero-order valence-electron chi connectivity index (χ0n) is 11.1. The van der Waals surface area contributed by atoms with E-state index in [4.69, 9.17) is 10.5 Å². The molecule has 0 aliphatic heterocycles. The van der Waals surface area contributed by atoms with Gasteiger partial charge in [0.05, 0.1) is 13.3 Å². The van der Waals surface area contributed by atoms with Crippen molar-refractivity contribution in [1.82, 2.24) is 9.78 Å². The summed E-state index contributed by atoms with van der Waals surface area (Å²) in [5.41, 5.74) is 6.45. The Labute approximate surface area is 103 Å². The fourth-order valence-corrected chi connectivity index (χ4v) is 2.05. The normalized spacial score (nSPS) is 15.0. The van der Waals surface area contributed by atoms with Gasteiger partial charge in [0.2, 0.25) is 0 Å². The van der Waals surface area contributed by atoms with Crippen LogP contribution in [0.3, 0.4) is 0 Å². The number of aliphatic hydroxyl groups excluding tert-OH is 1. The molecule has 0 aliphatic rings. The maximum absolute atomic E-state index is 10.4. The molecule has 0 fully saturated rings. The standard InChI is InChI=1S/C12H23N3O2/c1-5-15-11(10(17-4)7-14-15)12(16)9(6-13)8(2)3/h7-9,12,16H,5-6,13H2,1-4H3. The highest BCUT2D eigenvalue weighted by Gasteiger charge is 2.28. The van der Waals surface area contributed by atoms with Gasteiger partial charge in [-0.15, -0.1) is 0 Å². The summed E-state index contributed by atoms with van der Waals surface area (Å²) in [6.07, 6.45) is 0.994. The quantitative estimate of drug-likeness (QED) is 0.784. The van der Waals surface area contributed by atoms with Crippen LogP contribution in [0.5, 0.6) is 5.75 Å². The molecule has 5 heteroatoms. The van der Waals surface area contributed by atoms with Gasteiger partial charge in [-0.1, -0.05) is 13.8 Å². The second kappa shape index (κ2) is 6.02. The largest absolute Gasteiger partial charge is 0.493 e. The van der Waals surface area contributed by atoms with Crippen LogP contribution in [0, 0.1) is 11.8 Å². The maximum atomic E-state index is 10.4. The van der Waals surface area contributed by atoms with Gasteiger partial charge in [0.1, 0.15) is 11.8 Å². The third-order valence-electron chi connectivity index (χ3n) is 3.18. The molecule has 2 unspecified atom stereocenters. The molecule has 1 heterocycles. The number of aromatic nitrogens is 2. The third-order valence-corrected chi connectivity index (χ3v) is 3.18.